The summed E-state index contributed by atoms with van der Waals surface area (Å²) >= 11 is 1.70. The van der Waals surface area contributed by atoms with Crippen LogP contribution in [-0.4, -0.2) is 35.8 Å². The van der Waals surface area contributed by atoms with Crippen LogP contribution in [0.15, 0.2) is 72.1 Å². The van der Waals surface area contributed by atoms with Crippen molar-refractivity contribution in [3.63, 3.8) is 0 Å². The zero-order chi connectivity index (χ0) is 21.8. The Morgan fingerprint density at radius 3 is 2.48 bits per heavy atom. The largest absolute Gasteiger partial charge is 0.353 e. The highest BCUT2D eigenvalue weighted by Gasteiger charge is 2.46. The van der Waals surface area contributed by atoms with Crippen molar-refractivity contribution >= 4 is 23.2 Å². The minimum atomic E-state index is -0.637. The monoisotopic (exact) mass is 432 g/mol. The van der Waals surface area contributed by atoms with Crippen molar-refractivity contribution in [2.24, 2.45) is 5.41 Å². The number of likely N-dealkylation sites (tertiary alicyclic amines) is 1. The van der Waals surface area contributed by atoms with E-state index < -0.39 is 5.41 Å². The van der Waals surface area contributed by atoms with Crippen molar-refractivity contribution in [1.82, 2.24) is 10.2 Å². The van der Waals surface area contributed by atoms with E-state index in [2.05, 4.69) is 28.9 Å². The van der Waals surface area contributed by atoms with E-state index in [1.807, 2.05) is 67.3 Å². The van der Waals surface area contributed by atoms with Crippen LogP contribution in [0.1, 0.15) is 36.2 Å². The van der Waals surface area contributed by atoms with Crippen LogP contribution < -0.4 is 5.32 Å². The van der Waals surface area contributed by atoms with Crippen LogP contribution in [0.2, 0.25) is 0 Å². The van der Waals surface area contributed by atoms with Gasteiger partial charge < -0.3 is 10.2 Å². The lowest BCUT2D eigenvalue weighted by Gasteiger charge is -2.30. The van der Waals surface area contributed by atoms with E-state index in [0.29, 0.717) is 31.5 Å². The van der Waals surface area contributed by atoms with E-state index in [9.17, 15) is 9.59 Å². The molecule has 1 saturated heterocycles. The lowest BCUT2D eigenvalue weighted by atomic mass is 9.78. The number of thiophene rings is 1. The number of hydrogen-bond acceptors (Lipinski definition) is 3. The first kappa shape index (κ1) is 21.3. The molecule has 1 aromatic heterocycles. The van der Waals surface area contributed by atoms with E-state index in [1.165, 1.54) is 10.4 Å². The van der Waals surface area contributed by atoms with Crippen LogP contribution in [0, 0.1) is 5.41 Å². The SMILES string of the molecule is CC(C)NC(=O)C1(Cc2ccccc2-c2cccs2)CCN(C(=O)c2ccccc2)C1. The second kappa shape index (κ2) is 9.06. The Labute approximate surface area is 187 Å². The molecule has 0 aliphatic carbocycles. The number of rotatable bonds is 6. The maximum absolute atomic E-state index is 13.4. The molecule has 1 unspecified atom stereocenters. The van der Waals surface area contributed by atoms with Gasteiger partial charge in [0.25, 0.3) is 5.91 Å². The Morgan fingerprint density at radius 2 is 1.77 bits per heavy atom. The smallest absolute Gasteiger partial charge is 0.253 e. The number of carbonyl (C=O) groups excluding carboxylic acids is 2. The molecule has 2 aromatic carbocycles. The summed E-state index contributed by atoms with van der Waals surface area (Å²) in [5.74, 6) is 0.0261. The molecule has 1 aliphatic heterocycles. The molecular weight excluding hydrogens is 404 g/mol. The summed E-state index contributed by atoms with van der Waals surface area (Å²) in [7, 11) is 0. The quantitative estimate of drug-likeness (QED) is 0.595. The maximum atomic E-state index is 13.4. The third-order valence-corrected chi connectivity index (χ3v) is 6.80. The summed E-state index contributed by atoms with van der Waals surface area (Å²) < 4.78 is 0. The van der Waals surface area contributed by atoms with Crippen molar-refractivity contribution in [2.45, 2.75) is 32.7 Å². The summed E-state index contributed by atoms with van der Waals surface area (Å²) in [6, 6.07) is 21.8. The number of amides is 2. The molecule has 4 rings (SSSR count). The van der Waals surface area contributed by atoms with Gasteiger partial charge in [-0.1, -0.05) is 48.5 Å². The van der Waals surface area contributed by atoms with Crippen molar-refractivity contribution in [3.8, 4) is 10.4 Å². The number of nitrogens with zero attached hydrogens (tertiary/aromatic N) is 1. The molecule has 2 amide bonds. The maximum Gasteiger partial charge on any atom is 0.253 e. The number of hydrogen-bond donors (Lipinski definition) is 1. The Balaban J connectivity index is 1.65. The molecule has 1 aliphatic rings. The van der Waals surface area contributed by atoms with E-state index in [1.54, 1.807) is 11.3 Å². The lowest BCUT2D eigenvalue weighted by Crippen LogP contribution is -2.47. The summed E-state index contributed by atoms with van der Waals surface area (Å²) in [6.45, 7) is 4.97. The fourth-order valence-corrected chi connectivity index (χ4v) is 5.13. The second-order valence-corrected chi connectivity index (χ2v) is 9.51. The first-order valence-electron chi connectivity index (χ1n) is 10.8. The van der Waals surface area contributed by atoms with Crippen LogP contribution in [0.4, 0.5) is 0 Å². The predicted molar refractivity (Wildman–Crippen MR) is 126 cm³/mol. The zero-order valence-electron chi connectivity index (χ0n) is 18.0. The molecule has 0 saturated carbocycles. The molecular formula is C26H28N2O2S. The van der Waals surface area contributed by atoms with Gasteiger partial charge in [-0.05, 0) is 61.4 Å². The third-order valence-electron chi connectivity index (χ3n) is 5.90. The Hall–Kier alpha value is -2.92. The summed E-state index contributed by atoms with van der Waals surface area (Å²) in [4.78, 5) is 29.6. The molecule has 0 spiro atoms. The fourth-order valence-electron chi connectivity index (χ4n) is 4.35. The van der Waals surface area contributed by atoms with Crippen LogP contribution in [0.25, 0.3) is 10.4 Å². The van der Waals surface area contributed by atoms with Crippen molar-refractivity contribution in [2.75, 3.05) is 13.1 Å². The van der Waals surface area contributed by atoms with Crippen molar-refractivity contribution in [1.29, 1.82) is 0 Å². The van der Waals surface area contributed by atoms with Gasteiger partial charge in [-0.3, -0.25) is 9.59 Å². The van der Waals surface area contributed by atoms with Crippen molar-refractivity contribution in [3.05, 3.63) is 83.2 Å². The van der Waals surface area contributed by atoms with E-state index in [0.717, 1.165) is 5.56 Å². The van der Waals surface area contributed by atoms with Gasteiger partial charge >= 0.3 is 0 Å². The van der Waals surface area contributed by atoms with Gasteiger partial charge in [0.1, 0.15) is 0 Å². The molecule has 1 N–H and O–H groups in total. The average molecular weight is 433 g/mol. The van der Waals surface area contributed by atoms with Crippen LogP contribution in [-0.2, 0) is 11.2 Å². The van der Waals surface area contributed by atoms with E-state index >= 15 is 0 Å². The van der Waals surface area contributed by atoms with Gasteiger partial charge in [0, 0.05) is 29.6 Å². The van der Waals surface area contributed by atoms with Crippen LogP contribution >= 0.6 is 11.3 Å². The number of benzene rings is 2. The van der Waals surface area contributed by atoms with Gasteiger partial charge in [-0.15, -0.1) is 11.3 Å². The number of nitrogens with one attached hydrogen (secondary N) is 1. The Morgan fingerprint density at radius 1 is 1.03 bits per heavy atom. The highest BCUT2D eigenvalue weighted by molar-refractivity contribution is 7.13. The van der Waals surface area contributed by atoms with E-state index in [4.69, 9.17) is 0 Å². The van der Waals surface area contributed by atoms with Gasteiger partial charge in [0.2, 0.25) is 5.91 Å². The minimum absolute atomic E-state index is 0.00800. The molecule has 0 radical (unpaired) electrons. The highest BCUT2D eigenvalue weighted by atomic mass is 32.1. The number of carbonyl (C=O) groups is 2. The molecule has 4 nitrogen and oxygen atoms in total. The second-order valence-electron chi connectivity index (χ2n) is 8.56. The first-order valence-corrected chi connectivity index (χ1v) is 11.6. The molecule has 5 heteroatoms. The van der Waals surface area contributed by atoms with E-state index in [-0.39, 0.29) is 17.9 Å². The minimum Gasteiger partial charge on any atom is -0.353 e. The Kier molecular flexibility index (Phi) is 6.23. The standard InChI is InChI=1S/C26H28N2O2S/c1-19(2)27-25(30)26(14-15-28(18-26)24(29)20-9-4-3-5-10-20)17-21-11-6-7-12-22(21)23-13-8-16-31-23/h3-13,16,19H,14-15,17-18H2,1-2H3,(H,27,30). The molecule has 2 heterocycles. The van der Waals surface area contributed by atoms with Crippen LogP contribution in [0.3, 0.4) is 0 Å². The van der Waals surface area contributed by atoms with Crippen molar-refractivity contribution < 1.29 is 9.59 Å². The first-order chi connectivity index (χ1) is 15.0. The summed E-state index contributed by atoms with van der Waals surface area (Å²) in [5, 5.41) is 5.20. The predicted octanol–water partition coefficient (Wildman–Crippen LogP) is 5.01. The fraction of sp³-hybridized carbons (Fsp3) is 0.308. The normalized spacial score (nSPS) is 18.4. The van der Waals surface area contributed by atoms with Gasteiger partial charge in [0.05, 0.1) is 5.41 Å². The Bertz CT molecular complexity index is 1050. The molecule has 1 atom stereocenters. The molecule has 160 valence electrons. The van der Waals surface area contributed by atoms with Gasteiger partial charge in [0.15, 0.2) is 0 Å². The molecule has 31 heavy (non-hydrogen) atoms. The molecule has 1 fully saturated rings. The zero-order valence-corrected chi connectivity index (χ0v) is 18.8. The third kappa shape index (κ3) is 4.57. The molecule has 0 bridgehead atoms. The lowest BCUT2D eigenvalue weighted by molar-refractivity contribution is -0.130. The van der Waals surface area contributed by atoms with Gasteiger partial charge in [-0.2, -0.15) is 0 Å². The highest BCUT2D eigenvalue weighted by Crippen LogP contribution is 2.39. The topological polar surface area (TPSA) is 49.4 Å². The van der Waals surface area contributed by atoms with Crippen LogP contribution in [0.5, 0.6) is 0 Å². The average Bonchev–Trinajstić information content (AvgIpc) is 3.45. The summed E-state index contributed by atoms with van der Waals surface area (Å²) in [6.07, 6.45) is 1.26. The van der Waals surface area contributed by atoms with Gasteiger partial charge in [-0.25, -0.2) is 0 Å². The molecule has 3 aromatic rings. The summed E-state index contributed by atoms with van der Waals surface area (Å²) in [5.41, 5.74) is 2.35.